The molecular formula is C10H13NO4S. The Morgan fingerprint density at radius 3 is 2.44 bits per heavy atom. The molecule has 5 nitrogen and oxygen atoms in total. The van der Waals surface area contributed by atoms with E-state index in [9.17, 15) is 13.2 Å². The summed E-state index contributed by atoms with van der Waals surface area (Å²) in [6, 6.07) is 7.80. The van der Waals surface area contributed by atoms with Crippen molar-refractivity contribution in [3.8, 4) is 0 Å². The van der Waals surface area contributed by atoms with Crippen molar-refractivity contribution in [2.75, 3.05) is 5.75 Å². The van der Waals surface area contributed by atoms with Crippen LogP contribution in [0.25, 0.3) is 0 Å². The topological polar surface area (TPSA) is 83.5 Å². The first-order valence-corrected chi connectivity index (χ1v) is 6.30. The summed E-state index contributed by atoms with van der Waals surface area (Å²) in [7, 11) is -4.07. The van der Waals surface area contributed by atoms with Crippen molar-refractivity contribution in [3.05, 3.63) is 35.9 Å². The standard InChI is InChI=1S/C10H13NO4S/c1-8(7-16(13,14)15)11-10(12)9-5-3-2-4-6-9/h2-6,8H,7H2,1H3,(H,11,12)(H,13,14,15). The highest BCUT2D eigenvalue weighted by atomic mass is 32.2. The van der Waals surface area contributed by atoms with Crippen molar-refractivity contribution in [1.29, 1.82) is 0 Å². The number of hydrogen-bond acceptors (Lipinski definition) is 3. The SMILES string of the molecule is CC(CS(=O)(=O)O)NC(=O)c1ccccc1. The van der Waals surface area contributed by atoms with Gasteiger partial charge in [-0.3, -0.25) is 9.35 Å². The third-order valence-corrected chi connectivity index (χ3v) is 2.80. The first kappa shape index (κ1) is 12.7. The van der Waals surface area contributed by atoms with Gasteiger partial charge in [0.05, 0.1) is 5.75 Å². The minimum atomic E-state index is -4.07. The van der Waals surface area contributed by atoms with Gasteiger partial charge in [0, 0.05) is 11.6 Å². The third kappa shape index (κ3) is 4.41. The molecule has 0 saturated carbocycles. The minimum Gasteiger partial charge on any atom is -0.348 e. The number of carbonyl (C=O) groups is 1. The fourth-order valence-corrected chi connectivity index (χ4v) is 1.97. The van der Waals surface area contributed by atoms with Crippen LogP contribution in [0.5, 0.6) is 0 Å². The molecule has 16 heavy (non-hydrogen) atoms. The van der Waals surface area contributed by atoms with Gasteiger partial charge in [-0.25, -0.2) is 0 Å². The quantitative estimate of drug-likeness (QED) is 0.762. The largest absolute Gasteiger partial charge is 0.348 e. The van der Waals surface area contributed by atoms with Crippen LogP contribution < -0.4 is 5.32 Å². The predicted molar refractivity (Wildman–Crippen MR) is 59.8 cm³/mol. The molecule has 0 aromatic heterocycles. The van der Waals surface area contributed by atoms with Crippen LogP contribution in [-0.4, -0.2) is 30.7 Å². The van der Waals surface area contributed by atoms with Crippen molar-refractivity contribution >= 4 is 16.0 Å². The highest BCUT2D eigenvalue weighted by Gasteiger charge is 2.15. The zero-order valence-corrected chi connectivity index (χ0v) is 9.57. The van der Waals surface area contributed by atoms with E-state index in [4.69, 9.17) is 4.55 Å². The lowest BCUT2D eigenvalue weighted by Crippen LogP contribution is -2.37. The maximum atomic E-state index is 11.6. The predicted octanol–water partition coefficient (Wildman–Crippen LogP) is 0.693. The molecule has 0 spiro atoms. The summed E-state index contributed by atoms with van der Waals surface area (Å²) in [6.45, 7) is 1.51. The number of rotatable bonds is 4. The number of nitrogens with one attached hydrogen (secondary N) is 1. The lowest BCUT2D eigenvalue weighted by Gasteiger charge is -2.11. The van der Waals surface area contributed by atoms with Gasteiger partial charge in [-0.15, -0.1) is 0 Å². The Labute approximate surface area is 94.2 Å². The van der Waals surface area contributed by atoms with E-state index in [2.05, 4.69) is 5.32 Å². The third-order valence-electron chi connectivity index (χ3n) is 1.87. The molecule has 0 bridgehead atoms. The molecule has 1 rings (SSSR count). The first-order chi connectivity index (χ1) is 7.38. The lowest BCUT2D eigenvalue weighted by molar-refractivity contribution is 0.0943. The summed E-state index contributed by atoms with van der Waals surface area (Å²) < 4.78 is 29.7. The Morgan fingerprint density at radius 2 is 1.94 bits per heavy atom. The van der Waals surface area contributed by atoms with Crippen LogP contribution in [0.15, 0.2) is 30.3 Å². The molecule has 88 valence electrons. The second-order valence-electron chi connectivity index (χ2n) is 3.49. The van der Waals surface area contributed by atoms with Gasteiger partial charge in [-0.2, -0.15) is 8.42 Å². The minimum absolute atomic E-state index is 0.364. The second kappa shape index (κ2) is 5.09. The molecule has 0 aliphatic carbocycles. The van der Waals surface area contributed by atoms with Crippen LogP contribution in [0.2, 0.25) is 0 Å². The van der Waals surface area contributed by atoms with E-state index in [0.717, 1.165) is 0 Å². The molecule has 1 atom stereocenters. The summed E-state index contributed by atoms with van der Waals surface area (Å²) in [5.74, 6) is -0.859. The fraction of sp³-hybridized carbons (Fsp3) is 0.300. The van der Waals surface area contributed by atoms with Crippen LogP contribution in [0.1, 0.15) is 17.3 Å². The molecule has 1 unspecified atom stereocenters. The summed E-state index contributed by atoms with van der Waals surface area (Å²) in [5.41, 5.74) is 0.449. The van der Waals surface area contributed by atoms with E-state index in [-0.39, 0.29) is 5.91 Å². The molecule has 0 heterocycles. The van der Waals surface area contributed by atoms with E-state index < -0.39 is 21.9 Å². The maximum absolute atomic E-state index is 11.6. The highest BCUT2D eigenvalue weighted by molar-refractivity contribution is 7.85. The zero-order chi connectivity index (χ0) is 12.2. The van der Waals surface area contributed by atoms with E-state index in [0.29, 0.717) is 5.56 Å². The molecule has 0 aliphatic heterocycles. The van der Waals surface area contributed by atoms with Crippen LogP contribution in [0.3, 0.4) is 0 Å². The fourth-order valence-electron chi connectivity index (χ4n) is 1.25. The molecule has 0 saturated heterocycles. The van der Waals surface area contributed by atoms with E-state index in [1.807, 2.05) is 0 Å². The van der Waals surface area contributed by atoms with E-state index in [1.54, 1.807) is 30.3 Å². The molecule has 0 fully saturated rings. The first-order valence-electron chi connectivity index (χ1n) is 4.69. The van der Waals surface area contributed by atoms with Gasteiger partial charge in [0.1, 0.15) is 0 Å². The van der Waals surface area contributed by atoms with Gasteiger partial charge in [0.15, 0.2) is 0 Å². The Morgan fingerprint density at radius 1 is 1.38 bits per heavy atom. The maximum Gasteiger partial charge on any atom is 0.266 e. The van der Waals surface area contributed by atoms with Crippen molar-refractivity contribution in [1.82, 2.24) is 5.32 Å². The Kier molecular flexibility index (Phi) is 4.03. The Hall–Kier alpha value is -1.40. The molecule has 2 N–H and O–H groups in total. The van der Waals surface area contributed by atoms with Gasteiger partial charge < -0.3 is 5.32 Å². The second-order valence-corrected chi connectivity index (χ2v) is 4.99. The molecule has 1 amide bonds. The molecule has 0 aliphatic rings. The number of hydrogen-bond donors (Lipinski definition) is 2. The average molecular weight is 243 g/mol. The van der Waals surface area contributed by atoms with Crippen molar-refractivity contribution in [2.45, 2.75) is 13.0 Å². The molecule has 0 radical (unpaired) electrons. The van der Waals surface area contributed by atoms with Crippen molar-refractivity contribution in [2.24, 2.45) is 0 Å². The van der Waals surface area contributed by atoms with Crippen molar-refractivity contribution < 1.29 is 17.8 Å². The smallest absolute Gasteiger partial charge is 0.266 e. The average Bonchev–Trinajstić information content (AvgIpc) is 2.16. The summed E-state index contributed by atoms with van der Waals surface area (Å²) in [6.07, 6.45) is 0. The molecular weight excluding hydrogens is 230 g/mol. The van der Waals surface area contributed by atoms with Gasteiger partial charge in [0.2, 0.25) is 0 Å². The number of benzene rings is 1. The van der Waals surface area contributed by atoms with Crippen LogP contribution in [-0.2, 0) is 10.1 Å². The van der Waals surface area contributed by atoms with Gasteiger partial charge in [-0.1, -0.05) is 18.2 Å². The van der Waals surface area contributed by atoms with Gasteiger partial charge >= 0.3 is 0 Å². The number of carbonyl (C=O) groups excluding carboxylic acids is 1. The van der Waals surface area contributed by atoms with Crippen LogP contribution >= 0.6 is 0 Å². The zero-order valence-electron chi connectivity index (χ0n) is 8.75. The monoisotopic (exact) mass is 243 g/mol. The molecule has 6 heteroatoms. The van der Waals surface area contributed by atoms with Crippen molar-refractivity contribution in [3.63, 3.8) is 0 Å². The lowest BCUT2D eigenvalue weighted by atomic mass is 10.2. The van der Waals surface area contributed by atoms with Gasteiger partial charge in [0.25, 0.3) is 16.0 Å². The van der Waals surface area contributed by atoms with Crippen LogP contribution in [0, 0.1) is 0 Å². The summed E-state index contributed by atoms with van der Waals surface area (Å²) in [5, 5.41) is 2.47. The highest BCUT2D eigenvalue weighted by Crippen LogP contribution is 1.99. The van der Waals surface area contributed by atoms with E-state index in [1.165, 1.54) is 6.92 Å². The summed E-state index contributed by atoms with van der Waals surface area (Å²) >= 11 is 0. The summed E-state index contributed by atoms with van der Waals surface area (Å²) in [4.78, 5) is 11.6. The van der Waals surface area contributed by atoms with Crippen LogP contribution in [0.4, 0.5) is 0 Å². The van der Waals surface area contributed by atoms with Gasteiger partial charge in [-0.05, 0) is 19.1 Å². The number of amides is 1. The molecule has 1 aromatic rings. The Bertz CT molecular complexity index is 455. The Balaban J connectivity index is 2.59. The van der Waals surface area contributed by atoms with E-state index >= 15 is 0 Å². The normalized spacial score (nSPS) is 13.1. The molecule has 1 aromatic carbocycles.